The number of hydrogen-bond acceptors (Lipinski definition) is 6. The molecule has 0 fully saturated rings. The second-order valence-electron chi connectivity index (χ2n) is 6.22. The summed E-state index contributed by atoms with van der Waals surface area (Å²) in [7, 11) is 2.86. The Morgan fingerprint density at radius 3 is 2.66 bits per heavy atom. The highest BCUT2D eigenvalue weighted by molar-refractivity contribution is 8.00. The zero-order valence-electron chi connectivity index (χ0n) is 15.9. The summed E-state index contributed by atoms with van der Waals surface area (Å²) in [4.78, 5) is 39.8. The summed E-state index contributed by atoms with van der Waals surface area (Å²) in [6, 6.07) is 5.89. The minimum Gasteiger partial charge on any atom is -0.453 e. The van der Waals surface area contributed by atoms with Crippen LogP contribution in [0.3, 0.4) is 0 Å². The van der Waals surface area contributed by atoms with Crippen molar-refractivity contribution in [3.8, 4) is 0 Å². The number of halogens is 1. The van der Waals surface area contributed by atoms with Crippen molar-refractivity contribution in [2.75, 3.05) is 31.8 Å². The molecule has 7 nitrogen and oxygen atoms in total. The molecule has 2 N–H and O–H groups in total. The second-order valence-corrected chi connectivity index (χ2v) is 8.37. The molecule has 3 amide bonds. The van der Waals surface area contributed by atoms with E-state index >= 15 is 0 Å². The fraction of sp³-hybridized carbons (Fsp3) is 0.316. The van der Waals surface area contributed by atoms with Crippen LogP contribution in [0.25, 0.3) is 0 Å². The van der Waals surface area contributed by atoms with Crippen molar-refractivity contribution in [3.63, 3.8) is 0 Å². The van der Waals surface area contributed by atoms with Gasteiger partial charge in [-0.15, -0.1) is 23.1 Å². The molecule has 0 bridgehead atoms. The highest BCUT2D eigenvalue weighted by Crippen LogP contribution is 2.37. The third kappa shape index (κ3) is 4.88. The number of carbonyl (C=O) groups excluding carboxylic acids is 3. The Kier molecular flexibility index (Phi) is 6.75. The topological polar surface area (TPSA) is 87.7 Å². The Labute approximate surface area is 175 Å². The molecule has 0 spiro atoms. The van der Waals surface area contributed by atoms with Crippen LogP contribution in [0.2, 0.25) is 0 Å². The van der Waals surface area contributed by atoms with Crippen molar-refractivity contribution in [3.05, 3.63) is 46.1 Å². The molecule has 0 aliphatic carbocycles. The maximum Gasteiger partial charge on any atom is 0.409 e. The van der Waals surface area contributed by atoms with Gasteiger partial charge in [-0.1, -0.05) is 0 Å². The third-order valence-electron chi connectivity index (χ3n) is 4.38. The predicted octanol–water partition coefficient (Wildman–Crippen LogP) is 3.10. The van der Waals surface area contributed by atoms with E-state index in [1.807, 2.05) is 0 Å². The van der Waals surface area contributed by atoms with Crippen molar-refractivity contribution in [1.29, 1.82) is 0 Å². The number of rotatable bonds is 5. The number of fused-ring (bicyclic) bond motifs is 1. The molecule has 2 aromatic rings. The lowest BCUT2D eigenvalue weighted by Gasteiger charge is -2.25. The van der Waals surface area contributed by atoms with Crippen LogP contribution in [-0.4, -0.2) is 49.3 Å². The summed E-state index contributed by atoms with van der Waals surface area (Å²) in [5, 5.41) is 5.89. The van der Waals surface area contributed by atoms with Gasteiger partial charge in [-0.3, -0.25) is 9.59 Å². The minimum absolute atomic E-state index is 0.121. The van der Waals surface area contributed by atoms with Gasteiger partial charge in [-0.2, -0.15) is 0 Å². The normalized spacial score (nSPS) is 12.9. The molecular weight excluding hydrogens is 417 g/mol. The Bertz CT molecular complexity index is 930. The number of methoxy groups -OCH3 is 1. The van der Waals surface area contributed by atoms with E-state index in [1.54, 1.807) is 17.0 Å². The third-order valence-corrected chi connectivity index (χ3v) is 6.52. The number of amides is 3. The minimum atomic E-state index is -0.424. The predicted molar refractivity (Wildman–Crippen MR) is 110 cm³/mol. The fourth-order valence-electron chi connectivity index (χ4n) is 2.98. The van der Waals surface area contributed by atoms with Crippen LogP contribution in [-0.2, 0) is 22.5 Å². The lowest BCUT2D eigenvalue weighted by molar-refractivity contribution is -0.113. The first kappa shape index (κ1) is 21.1. The van der Waals surface area contributed by atoms with Gasteiger partial charge in [0.05, 0.1) is 25.0 Å². The number of ether oxygens (including phenoxy) is 1. The summed E-state index contributed by atoms with van der Waals surface area (Å²) in [5.74, 6) is -0.766. The lowest BCUT2D eigenvalue weighted by Crippen LogP contribution is -2.35. The van der Waals surface area contributed by atoms with Crippen LogP contribution in [0.15, 0.2) is 29.2 Å². The SMILES string of the molecule is CNC(=O)c1c(NC(=O)CSc2ccc(F)cc2)sc2c1CCN(C(=O)OC)C2. The van der Waals surface area contributed by atoms with E-state index in [9.17, 15) is 18.8 Å². The van der Waals surface area contributed by atoms with Gasteiger partial charge in [0.1, 0.15) is 10.8 Å². The van der Waals surface area contributed by atoms with E-state index < -0.39 is 6.09 Å². The van der Waals surface area contributed by atoms with Crippen molar-refractivity contribution in [2.24, 2.45) is 0 Å². The van der Waals surface area contributed by atoms with Gasteiger partial charge in [-0.05, 0) is 36.2 Å². The number of nitrogens with one attached hydrogen (secondary N) is 2. The van der Waals surface area contributed by atoms with Crippen molar-refractivity contribution in [2.45, 2.75) is 17.9 Å². The van der Waals surface area contributed by atoms with E-state index in [4.69, 9.17) is 4.74 Å². The number of thioether (sulfide) groups is 1. The molecule has 0 radical (unpaired) electrons. The summed E-state index contributed by atoms with van der Waals surface area (Å²) in [5.41, 5.74) is 1.29. The molecule has 0 atom stereocenters. The van der Waals surface area contributed by atoms with Crippen LogP contribution < -0.4 is 10.6 Å². The van der Waals surface area contributed by atoms with Crippen LogP contribution >= 0.6 is 23.1 Å². The number of hydrogen-bond donors (Lipinski definition) is 2. The Morgan fingerprint density at radius 2 is 2.00 bits per heavy atom. The molecule has 1 aromatic heterocycles. The van der Waals surface area contributed by atoms with Gasteiger partial charge in [0.15, 0.2) is 0 Å². The smallest absolute Gasteiger partial charge is 0.409 e. The van der Waals surface area contributed by atoms with Crippen molar-refractivity contribution in [1.82, 2.24) is 10.2 Å². The van der Waals surface area contributed by atoms with Crippen LogP contribution in [0.4, 0.5) is 14.2 Å². The molecule has 10 heteroatoms. The zero-order chi connectivity index (χ0) is 21.0. The van der Waals surface area contributed by atoms with Gasteiger partial charge >= 0.3 is 6.09 Å². The number of anilines is 1. The van der Waals surface area contributed by atoms with Gasteiger partial charge in [-0.25, -0.2) is 9.18 Å². The molecule has 29 heavy (non-hydrogen) atoms. The monoisotopic (exact) mass is 437 g/mol. The van der Waals surface area contributed by atoms with E-state index in [1.165, 1.54) is 49.4 Å². The molecular formula is C19H20FN3O4S2. The molecule has 2 heterocycles. The lowest BCUT2D eigenvalue weighted by atomic mass is 10.0. The summed E-state index contributed by atoms with van der Waals surface area (Å²) >= 11 is 2.56. The Morgan fingerprint density at radius 1 is 1.28 bits per heavy atom. The van der Waals surface area contributed by atoms with Crippen molar-refractivity contribution >= 4 is 46.0 Å². The van der Waals surface area contributed by atoms with Crippen LogP contribution in [0, 0.1) is 5.82 Å². The zero-order valence-corrected chi connectivity index (χ0v) is 17.5. The molecule has 1 aromatic carbocycles. The van der Waals surface area contributed by atoms with Crippen molar-refractivity contribution < 1.29 is 23.5 Å². The molecule has 3 rings (SSSR count). The molecule has 0 saturated carbocycles. The number of nitrogens with zero attached hydrogens (tertiary/aromatic N) is 1. The highest BCUT2D eigenvalue weighted by Gasteiger charge is 2.30. The standard InChI is InChI=1S/C19H20FN3O4S2/c1-21-17(25)16-13-7-8-23(19(26)27-2)9-14(13)29-18(16)22-15(24)10-28-12-5-3-11(20)4-6-12/h3-6H,7-10H2,1-2H3,(H,21,25)(H,22,24). The fourth-order valence-corrected chi connectivity index (χ4v) is 4.96. The summed E-state index contributed by atoms with van der Waals surface area (Å²) in [6.07, 6.45) is 0.0796. The maximum atomic E-state index is 13.0. The first-order chi connectivity index (χ1) is 13.9. The van der Waals surface area contributed by atoms with Gasteiger partial charge in [0, 0.05) is 23.4 Å². The van der Waals surface area contributed by atoms with Gasteiger partial charge < -0.3 is 20.3 Å². The molecule has 154 valence electrons. The Hall–Kier alpha value is -2.59. The second kappa shape index (κ2) is 9.27. The van der Waals surface area contributed by atoms with Crippen LogP contribution in [0.5, 0.6) is 0 Å². The molecule has 0 saturated heterocycles. The first-order valence-corrected chi connectivity index (χ1v) is 10.6. The van der Waals surface area contributed by atoms with E-state index in [0.29, 0.717) is 30.1 Å². The largest absolute Gasteiger partial charge is 0.453 e. The van der Waals surface area contributed by atoms with E-state index in [-0.39, 0.29) is 23.4 Å². The average Bonchev–Trinajstić information content (AvgIpc) is 3.08. The number of carbonyl (C=O) groups is 3. The quantitative estimate of drug-likeness (QED) is 0.702. The summed E-state index contributed by atoms with van der Waals surface area (Å²) in [6.45, 7) is 0.769. The average molecular weight is 438 g/mol. The first-order valence-electron chi connectivity index (χ1n) is 8.80. The van der Waals surface area contributed by atoms with Gasteiger partial charge in [0.2, 0.25) is 5.91 Å². The highest BCUT2D eigenvalue weighted by atomic mass is 32.2. The molecule has 1 aliphatic heterocycles. The Balaban J connectivity index is 1.75. The maximum absolute atomic E-state index is 13.0. The van der Waals surface area contributed by atoms with Crippen LogP contribution in [0.1, 0.15) is 20.8 Å². The number of thiophene rings is 1. The van der Waals surface area contributed by atoms with E-state index in [2.05, 4.69) is 10.6 Å². The summed E-state index contributed by atoms with van der Waals surface area (Å²) < 4.78 is 17.8. The molecule has 0 unspecified atom stereocenters. The molecule has 1 aliphatic rings. The van der Waals surface area contributed by atoms with Gasteiger partial charge in [0.25, 0.3) is 5.91 Å². The number of benzene rings is 1. The van der Waals surface area contributed by atoms with E-state index in [0.717, 1.165) is 15.3 Å².